The summed E-state index contributed by atoms with van der Waals surface area (Å²) in [6, 6.07) is 0. The minimum absolute atomic E-state index is 0.00736. The van der Waals surface area contributed by atoms with Crippen LogP contribution in [0.1, 0.15) is 26.2 Å². The van der Waals surface area contributed by atoms with Gasteiger partial charge in [-0.25, -0.2) is 0 Å². The van der Waals surface area contributed by atoms with Crippen molar-refractivity contribution in [2.75, 3.05) is 40.3 Å². The maximum atomic E-state index is 9.53. The predicted molar refractivity (Wildman–Crippen MR) is 59.5 cm³/mol. The van der Waals surface area contributed by atoms with E-state index in [2.05, 4.69) is 30.8 Å². The van der Waals surface area contributed by atoms with Gasteiger partial charge in [-0.05, 0) is 46.4 Å². The zero-order valence-electron chi connectivity index (χ0n) is 9.79. The van der Waals surface area contributed by atoms with Crippen molar-refractivity contribution >= 4 is 0 Å². The van der Waals surface area contributed by atoms with Gasteiger partial charge in [0, 0.05) is 6.54 Å². The van der Waals surface area contributed by atoms with E-state index < -0.39 is 0 Å². The van der Waals surface area contributed by atoms with Gasteiger partial charge in [0.05, 0.1) is 12.1 Å². The summed E-state index contributed by atoms with van der Waals surface area (Å²) >= 11 is 0. The van der Waals surface area contributed by atoms with Crippen LogP contribution in [0.4, 0.5) is 0 Å². The lowest BCUT2D eigenvalue weighted by Crippen LogP contribution is -2.58. The molecule has 0 aliphatic carbocycles. The Balaban J connectivity index is 2.59. The van der Waals surface area contributed by atoms with Gasteiger partial charge in [0.25, 0.3) is 0 Å². The minimum atomic E-state index is 0.00736. The zero-order chi connectivity index (χ0) is 10.6. The van der Waals surface area contributed by atoms with Crippen molar-refractivity contribution in [3.63, 3.8) is 0 Å². The van der Waals surface area contributed by atoms with E-state index in [4.69, 9.17) is 0 Å². The number of piperidine rings is 1. The van der Waals surface area contributed by atoms with Gasteiger partial charge in [0.2, 0.25) is 0 Å². The number of likely N-dealkylation sites (N-methyl/N-ethyl adjacent to an activating group) is 1. The second-order valence-corrected chi connectivity index (χ2v) is 4.66. The number of aliphatic hydroxyl groups is 1. The summed E-state index contributed by atoms with van der Waals surface area (Å²) < 4.78 is 0. The fourth-order valence-electron chi connectivity index (χ4n) is 2.35. The molecule has 84 valence electrons. The van der Waals surface area contributed by atoms with E-state index in [0.717, 1.165) is 19.5 Å². The van der Waals surface area contributed by atoms with Gasteiger partial charge < -0.3 is 14.9 Å². The largest absolute Gasteiger partial charge is 0.394 e. The van der Waals surface area contributed by atoms with E-state index in [1.54, 1.807) is 0 Å². The van der Waals surface area contributed by atoms with E-state index in [1.807, 2.05) is 0 Å². The first-order valence-corrected chi connectivity index (χ1v) is 5.65. The lowest BCUT2D eigenvalue weighted by Gasteiger charge is -2.46. The van der Waals surface area contributed by atoms with Crippen LogP contribution in [0.5, 0.6) is 0 Å². The molecule has 0 aromatic carbocycles. The van der Waals surface area contributed by atoms with Gasteiger partial charge in [0.1, 0.15) is 0 Å². The Labute approximate surface area is 87.7 Å². The van der Waals surface area contributed by atoms with Gasteiger partial charge in [0.15, 0.2) is 0 Å². The Morgan fingerprint density at radius 1 is 1.43 bits per heavy atom. The van der Waals surface area contributed by atoms with Gasteiger partial charge in [-0.3, -0.25) is 0 Å². The van der Waals surface area contributed by atoms with Gasteiger partial charge in [-0.1, -0.05) is 6.92 Å². The summed E-state index contributed by atoms with van der Waals surface area (Å²) in [6.45, 7) is 5.87. The summed E-state index contributed by atoms with van der Waals surface area (Å²) in [6.07, 6.45) is 3.53. The van der Waals surface area contributed by atoms with Crippen molar-refractivity contribution in [3.05, 3.63) is 0 Å². The van der Waals surface area contributed by atoms with Crippen LogP contribution in [0.25, 0.3) is 0 Å². The number of rotatable bonds is 4. The Kier molecular flexibility index (Phi) is 4.35. The Hall–Kier alpha value is -0.120. The molecule has 0 amide bonds. The van der Waals surface area contributed by atoms with Crippen LogP contribution >= 0.6 is 0 Å². The molecule has 1 atom stereocenters. The van der Waals surface area contributed by atoms with E-state index in [9.17, 15) is 5.11 Å². The summed E-state index contributed by atoms with van der Waals surface area (Å²) in [5, 5.41) is 9.53. The molecule has 0 bridgehead atoms. The van der Waals surface area contributed by atoms with Crippen LogP contribution in [0.2, 0.25) is 0 Å². The topological polar surface area (TPSA) is 26.7 Å². The molecule has 0 spiro atoms. The average Bonchev–Trinajstić information content (AvgIpc) is 2.18. The summed E-state index contributed by atoms with van der Waals surface area (Å²) in [5.41, 5.74) is 0.00736. The highest BCUT2D eigenvalue weighted by Crippen LogP contribution is 2.25. The molecule has 0 saturated carbocycles. The number of hydrogen-bond donors (Lipinski definition) is 1. The highest BCUT2D eigenvalue weighted by Gasteiger charge is 2.36. The molecule has 0 aromatic rings. The van der Waals surface area contributed by atoms with E-state index in [0.29, 0.717) is 0 Å². The van der Waals surface area contributed by atoms with E-state index in [-0.39, 0.29) is 12.1 Å². The molecule has 3 heteroatoms. The van der Waals surface area contributed by atoms with Crippen molar-refractivity contribution in [3.8, 4) is 0 Å². The maximum Gasteiger partial charge on any atom is 0.0627 e. The zero-order valence-corrected chi connectivity index (χ0v) is 9.79. The number of nitrogens with zero attached hydrogens (tertiary/aromatic N) is 2. The van der Waals surface area contributed by atoms with Crippen molar-refractivity contribution in [1.29, 1.82) is 0 Å². The third-order valence-corrected chi connectivity index (χ3v) is 3.42. The van der Waals surface area contributed by atoms with E-state index in [1.165, 1.54) is 19.4 Å². The Morgan fingerprint density at radius 2 is 2.14 bits per heavy atom. The molecule has 1 N–H and O–H groups in total. The molecule has 0 radical (unpaired) electrons. The summed E-state index contributed by atoms with van der Waals surface area (Å²) in [7, 11) is 4.15. The Morgan fingerprint density at radius 3 is 2.64 bits per heavy atom. The fourth-order valence-corrected chi connectivity index (χ4v) is 2.35. The molecule has 0 aromatic heterocycles. The first-order valence-electron chi connectivity index (χ1n) is 5.65. The molecule has 1 aliphatic heterocycles. The highest BCUT2D eigenvalue weighted by molar-refractivity contribution is 4.93. The molecule has 1 heterocycles. The molecule has 1 unspecified atom stereocenters. The first kappa shape index (κ1) is 12.0. The fraction of sp³-hybridized carbons (Fsp3) is 1.00. The van der Waals surface area contributed by atoms with Crippen LogP contribution in [0.15, 0.2) is 0 Å². The van der Waals surface area contributed by atoms with Crippen LogP contribution in [0.3, 0.4) is 0 Å². The first-order chi connectivity index (χ1) is 6.64. The molecule has 14 heavy (non-hydrogen) atoms. The van der Waals surface area contributed by atoms with Gasteiger partial charge in [-0.2, -0.15) is 0 Å². The smallest absolute Gasteiger partial charge is 0.0627 e. The molecule has 1 saturated heterocycles. The maximum absolute atomic E-state index is 9.53. The monoisotopic (exact) mass is 200 g/mol. The molecule has 1 rings (SSSR count). The normalized spacial score (nSPS) is 29.8. The van der Waals surface area contributed by atoms with E-state index >= 15 is 0 Å². The molecular weight excluding hydrogens is 176 g/mol. The summed E-state index contributed by atoms with van der Waals surface area (Å²) in [5.74, 6) is 0. The minimum Gasteiger partial charge on any atom is -0.394 e. The highest BCUT2D eigenvalue weighted by atomic mass is 16.3. The number of likely N-dealkylation sites (tertiary alicyclic amines) is 1. The van der Waals surface area contributed by atoms with Crippen molar-refractivity contribution in [1.82, 2.24) is 9.80 Å². The van der Waals surface area contributed by atoms with Gasteiger partial charge >= 0.3 is 0 Å². The third-order valence-electron chi connectivity index (χ3n) is 3.42. The van der Waals surface area contributed by atoms with Crippen molar-refractivity contribution in [2.24, 2.45) is 0 Å². The number of aliphatic hydroxyl groups excluding tert-OH is 1. The second-order valence-electron chi connectivity index (χ2n) is 4.66. The third kappa shape index (κ3) is 2.47. The van der Waals surface area contributed by atoms with Crippen LogP contribution in [0, 0.1) is 0 Å². The Bertz CT molecular complexity index is 171. The quantitative estimate of drug-likeness (QED) is 0.726. The lowest BCUT2D eigenvalue weighted by molar-refractivity contribution is -0.00000275. The molecule has 1 aliphatic rings. The van der Waals surface area contributed by atoms with Gasteiger partial charge in [-0.15, -0.1) is 0 Å². The van der Waals surface area contributed by atoms with Crippen LogP contribution in [-0.2, 0) is 0 Å². The standard InChI is InChI=1S/C11H24N2O/c1-4-7-13-8-5-6-11(9-13,10-14)12(2)3/h14H,4-10H2,1-3H3. The second kappa shape index (κ2) is 5.10. The van der Waals surface area contributed by atoms with Crippen LogP contribution in [-0.4, -0.2) is 60.8 Å². The average molecular weight is 200 g/mol. The molecule has 1 fully saturated rings. The molecular formula is C11H24N2O. The summed E-state index contributed by atoms with van der Waals surface area (Å²) in [4.78, 5) is 4.66. The predicted octanol–water partition coefficient (Wildman–Crippen LogP) is 0.785. The van der Waals surface area contributed by atoms with Crippen LogP contribution < -0.4 is 0 Å². The van der Waals surface area contributed by atoms with Crippen molar-refractivity contribution in [2.45, 2.75) is 31.7 Å². The lowest BCUT2D eigenvalue weighted by atomic mass is 9.88. The van der Waals surface area contributed by atoms with Crippen molar-refractivity contribution < 1.29 is 5.11 Å². The molecule has 3 nitrogen and oxygen atoms in total. The SMILES string of the molecule is CCCN1CCCC(CO)(N(C)C)C1. The number of hydrogen-bond acceptors (Lipinski definition) is 3.